The average Bonchev–Trinajstić information content (AvgIpc) is 3.33. The summed E-state index contributed by atoms with van der Waals surface area (Å²) in [6.07, 6.45) is 5.57. The fourth-order valence-corrected chi connectivity index (χ4v) is 3.88. The second kappa shape index (κ2) is 6.93. The van der Waals surface area contributed by atoms with E-state index in [1.165, 1.54) is 12.1 Å². The lowest BCUT2D eigenvalue weighted by Gasteiger charge is -2.34. The van der Waals surface area contributed by atoms with Crippen LogP contribution in [0.25, 0.3) is 0 Å². The second-order valence-corrected chi connectivity index (χ2v) is 6.76. The van der Waals surface area contributed by atoms with E-state index in [1.54, 1.807) is 12.3 Å². The smallest absolute Gasteiger partial charge is 0.229 e. The molecule has 3 atom stereocenters. The third kappa shape index (κ3) is 3.29. The Balaban J connectivity index is 1.49. The molecule has 2 aliphatic rings. The van der Waals surface area contributed by atoms with Gasteiger partial charge in [0.2, 0.25) is 5.91 Å². The van der Waals surface area contributed by atoms with Crippen molar-refractivity contribution in [2.24, 2.45) is 5.92 Å². The van der Waals surface area contributed by atoms with Crippen LogP contribution in [-0.2, 0) is 4.79 Å². The summed E-state index contributed by atoms with van der Waals surface area (Å²) in [7, 11) is 0. The molecule has 0 aliphatic carbocycles. The number of amides is 1. The summed E-state index contributed by atoms with van der Waals surface area (Å²) in [5, 5.41) is 0. The zero-order chi connectivity index (χ0) is 17.2. The lowest BCUT2D eigenvalue weighted by Crippen LogP contribution is -2.44. The number of benzene rings is 1. The molecular weight excluding hydrogens is 321 g/mol. The van der Waals surface area contributed by atoms with E-state index in [0.717, 1.165) is 30.8 Å². The first-order valence-electron chi connectivity index (χ1n) is 8.74. The number of carbonyl (C=O) groups excluding carboxylic acids is 1. The average molecular weight is 343 g/mol. The molecule has 3 heterocycles. The monoisotopic (exact) mass is 343 g/mol. The Labute approximate surface area is 145 Å². The van der Waals surface area contributed by atoms with Gasteiger partial charge in [0, 0.05) is 37.9 Å². The van der Waals surface area contributed by atoms with Crippen molar-refractivity contribution < 1.29 is 9.18 Å². The van der Waals surface area contributed by atoms with E-state index < -0.39 is 0 Å². The molecule has 132 valence electrons. The Kier molecular flexibility index (Phi) is 4.50. The summed E-state index contributed by atoms with van der Waals surface area (Å²) in [5.74, 6) is 0.790. The molecule has 2 aromatic rings. The van der Waals surface area contributed by atoms with Crippen LogP contribution in [0.4, 0.5) is 4.39 Å². The molecule has 1 aromatic carbocycles. The van der Waals surface area contributed by atoms with Crippen LogP contribution in [0.1, 0.15) is 36.2 Å². The maximum Gasteiger partial charge on any atom is 0.229 e. The number of nitrogens with zero attached hydrogens (tertiary/aromatic N) is 2. The summed E-state index contributed by atoms with van der Waals surface area (Å²) in [5.41, 5.74) is 6.98. The third-order valence-corrected chi connectivity index (χ3v) is 5.15. The van der Waals surface area contributed by atoms with Gasteiger partial charge in [0.05, 0.1) is 12.0 Å². The van der Waals surface area contributed by atoms with Crippen LogP contribution in [-0.4, -0.2) is 40.4 Å². The van der Waals surface area contributed by atoms with Crippen molar-refractivity contribution in [3.8, 4) is 0 Å². The number of rotatable bonds is 3. The number of aromatic amines is 1. The molecule has 2 fully saturated rings. The van der Waals surface area contributed by atoms with Crippen LogP contribution in [0.2, 0.25) is 0 Å². The highest BCUT2D eigenvalue weighted by Crippen LogP contribution is 2.30. The van der Waals surface area contributed by atoms with Crippen molar-refractivity contribution in [1.29, 1.82) is 0 Å². The lowest BCUT2D eigenvalue weighted by molar-refractivity contribution is -0.136. The maximum absolute atomic E-state index is 13.6. The fraction of sp³-hybridized carbons (Fsp3) is 0.444. The molecular formula is C18H22FN5O. The first kappa shape index (κ1) is 16.2. The standard InChI is InChI=1S/C18H22FN5O/c19-14-5-1-3-12(9-14)16-15(10-22-23-16)18(25)24-8-2-4-13(11-24)17-20-6-7-21-17/h1,3,5-7,9,13,15-16,22-23H,2,4,8,10-11H2,(H,20,21). The highest BCUT2D eigenvalue weighted by atomic mass is 19.1. The molecule has 3 N–H and O–H groups in total. The molecule has 6 nitrogen and oxygen atoms in total. The zero-order valence-electron chi connectivity index (χ0n) is 13.9. The van der Waals surface area contributed by atoms with E-state index in [0.29, 0.717) is 13.1 Å². The van der Waals surface area contributed by atoms with E-state index >= 15 is 0 Å². The van der Waals surface area contributed by atoms with E-state index in [-0.39, 0.29) is 29.6 Å². The largest absolute Gasteiger partial charge is 0.348 e. The molecule has 2 aliphatic heterocycles. The van der Waals surface area contributed by atoms with Crippen molar-refractivity contribution in [2.75, 3.05) is 19.6 Å². The number of hydrazine groups is 1. The number of halogens is 1. The Hall–Kier alpha value is -2.25. The van der Waals surface area contributed by atoms with E-state index in [4.69, 9.17) is 0 Å². The minimum absolute atomic E-state index is 0.114. The van der Waals surface area contributed by atoms with Crippen molar-refractivity contribution in [2.45, 2.75) is 24.8 Å². The van der Waals surface area contributed by atoms with Crippen molar-refractivity contribution >= 4 is 5.91 Å². The van der Waals surface area contributed by atoms with E-state index in [2.05, 4.69) is 20.8 Å². The molecule has 25 heavy (non-hydrogen) atoms. The Morgan fingerprint density at radius 3 is 3.08 bits per heavy atom. The normalized spacial score (nSPS) is 26.8. The van der Waals surface area contributed by atoms with Gasteiger partial charge < -0.3 is 9.88 Å². The van der Waals surface area contributed by atoms with Crippen LogP contribution in [0.5, 0.6) is 0 Å². The van der Waals surface area contributed by atoms with Crippen molar-refractivity contribution in [1.82, 2.24) is 25.7 Å². The second-order valence-electron chi connectivity index (χ2n) is 6.76. The van der Waals surface area contributed by atoms with Crippen molar-refractivity contribution in [3.63, 3.8) is 0 Å². The highest BCUT2D eigenvalue weighted by Gasteiger charge is 2.38. The Morgan fingerprint density at radius 1 is 1.36 bits per heavy atom. The van der Waals surface area contributed by atoms with Gasteiger partial charge in [-0.15, -0.1) is 0 Å². The molecule has 1 aromatic heterocycles. The number of hydrogen-bond acceptors (Lipinski definition) is 4. The van der Waals surface area contributed by atoms with Gasteiger partial charge in [-0.25, -0.2) is 14.8 Å². The molecule has 0 radical (unpaired) electrons. The van der Waals surface area contributed by atoms with Gasteiger partial charge in [-0.1, -0.05) is 12.1 Å². The summed E-state index contributed by atoms with van der Waals surface area (Å²) < 4.78 is 13.6. The van der Waals surface area contributed by atoms with Gasteiger partial charge in [0.25, 0.3) is 0 Å². The SMILES string of the molecule is O=C(C1CNNC1c1cccc(F)c1)N1CCCC(c2ncc[nH]2)C1. The molecule has 0 spiro atoms. The quantitative estimate of drug-likeness (QED) is 0.793. The topological polar surface area (TPSA) is 73.1 Å². The lowest BCUT2D eigenvalue weighted by atomic mass is 9.91. The molecule has 0 saturated carbocycles. The Bertz CT molecular complexity index is 735. The predicted octanol–water partition coefficient (Wildman–Crippen LogP) is 1.72. The Morgan fingerprint density at radius 2 is 2.28 bits per heavy atom. The van der Waals surface area contributed by atoms with Gasteiger partial charge >= 0.3 is 0 Å². The van der Waals surface area contributed by atoms with E-state index in [9.17, 15) is 9.18 Å². The van der Waals surface area contributed by atoms with Crippen molar-refractivity contribution in [3.05, 3.63) is 53.9 Å². The zero-order valence-corrected chi connectivity index (χ0v) is 13.9. The number of nitrogens with one attached hydrogen (secondary N) is 3. The summed E-state index contributed by atoms with van der Waals surface area (Å²) in [6, 6.07) is 6.23. The number of imidazole rings is 1. The number of hydrogen-bond donors (Lipinski definition) is 3. The van der Waals surface area contributed by atoms with Crippen LogP contribution in [0.15, 0.2) is 36.7 Å². The molecule has 2 saturated heterocycles. The van der Waals surface area contributed by atoms with Gasteiger partial charge in [0.1, 0.15) is 11.6 Å². The van der Waals surface area contributed by atoms with E-state index in [1.807, 2.05) is 17.2 Å². The van der Waals surface area contributed by atoms with Gasteiger partial charge in [-0.05, 0) is 30.5 Å². The minimum atomic E-state index is -0.284. The van der Waals surface area contributed by atoms with Gasteiger partial charge in [0.15, 0.2) is 0 Å². The number of H-pyrrole nitrogens is 1. The molecule has 7 heteroatoms. The van der Waals surface area contributed by atoms with Gasteiger partial charge in [-0.3, -0.25) is 10.2 Å². The number of carbonyl (C=O) groups is 1. The number of piperidine rings is 1. The summed E-state index contributed by atoms with van der Waals surface area (Å²) in [6.45, 7) is 1.99. The molecule has 3 unspecified atom stereocenters. The summed E-state index contributed by atoms with van der Waals surface area (Å²) >= 11 is 0. The van der Waals surface area contributed by atoms with Gasteiger partial charge in [-0.2, -0.15) is 0 Å². The third-order valence-electron chi connectivity index (χ3n) is 5.15. The minimum Gasteiger partial charge on any atom is -0.348 e. The first-order chi connectivity index (χ1) is 12.2. The fourth-order valence-electron chi connectivity index (χ4n) is 3.88. The first-order valence-corrected chi connectivity index (χ1v) is 8.74. The van der Waals surface area contributed by atoms with Crippen LogP contribution in [0, 0.1) is 11.7 Å². The molecule has 0 bridgehead atoms. The van der Waals surface area contributed by atoms with Crippen LogP contribution < -0.4 is 10.9 Å². The highest BCUT2D eigenvalue weighted by molar-refractivity contribution is 5.80. The molecule has 1 amide bonds. The number of likely N-dealkylation sites (tertiary alicyclic amines) is 1. The maximum atomic E-state index is 13.6. The predicted molar refractivity (Wildman–Crippen MR) is 90.9 cm³/mol. The molecule has 4 rings (SSSR count). The summed E-state index contributed by atoms with van der Waals surface area (Å²) in [4.78, 5) is 22.5. The van der Waals surface area contributed by atoms with Crippen LogP contribution >= 0.6 is 0 Å². The number of aromatic nitrogens is 2. The van der Waals surface area contributed by atoms with Crippen LogP contribution in [0.3, 0.4) is 0 Å².